The van der Waals surface area contributed by atoms with E-state index in [0.29, 0.717) is 25.4 Å². The van der Waals surface area contributed by atoms with E-state index in [0.717, 1.165) is 5.56 Å². The Morgan fingerprint density at radius 3 is 2.70 bits per heavy atom. The van der Waals surface area contributed by atoms with Gasteiger partial charge in [-0.05, 0) is 17.5 Å². The molecule has 6 nitrogen and oxygen atoms in total. The van der Waals surface area contributed by atoms with E-state index < -0.39 is 0 Å². The van der Waals surface area contributed by atoms with Crippen molar-refractivity contribution in [1.82, 2.24) is 20.1 Å². The largest absolute Gasteiger partial charge is 0.340 e. The Hall–Kier alpha value is -2.11. The maximum Gasteiger partial charge on any atom is 0.317 e. The van der Waals surface area contributed by atoms with Gasteiger partial charge >= 0.3 is 6.03 Å². The molecule has 0 spiro atoms. The van der Waals surface area contributed by atoms with Crippen molar-refractivity contribution in [3.8, 4) is 0 Å². The lowest BCUT2D eigenvalue weighted by molar-refractivity contribution is -0.129. The standard InChI is InChI=1S/C17H26N4O2/c1-12(2)14-10-21(11-15(14)19-17(23)20(3)4)16(22)8-13-6-5-7-18-9-13/h5-7,9,12,14-15H,8,10-11H2,1-4H3,(H,19,23)/t14-,15+/m0/s1. The number of aromatic nitrogens is 1. The van der Waals surface area contributed by atoms with E-state index in [1.165, 1.54) is 4.90 Å². The van der Waals surface area contributed by atoms with E-state index in [1.807, 2.05) is 17.0 Å². The third-order valence-electron chi connectivity index (χ3n) is 4.37. The van der Waals surface area contributed by atoms with Crippen LogP contribution in [0.1, 0.15) is 19.4 Å². The molecule has 1 fully saturated rings. The molecule has 6 heteroatoms. The zero-order valence-corrected chi connectivity index (χ0v) is 14.3. The summed E-state index contributed by atoms with van der Waals surface area (Å²) >= 11 is 0. The van der Waals surface area contributed by atoms with Gasteiger partial charge in [0.25, 0.3) is 0 Å². The summed E-state index contributed by atoms with van der Waals surface area (Å²) < 4.78 is 0. The second-order valence-corrected chi connectivity index (χ2v) is 6.70. The van der Waals surface area contributed by atoms with Crippen LogP contribution in [0.5, 0.6) is 0 Å². The number of pyridine rings is 1. The van der Waals surface area contributed by atoms with Crippen molar-refractivity contribution in [2.45, 2.75) is 26.3 Å². The van der Waals surface area contributed by atoms with Crippen LogP contribution in [0.2, 0.25) is 0 Å². The SMILES string of the molecule is CC(C)[C@@H]1CN(C(=O)Cc2cccnc2)C[C@H]1NC(=O)N(C)C. The number of hydrogen-bond donors (Lipinski definition) is 1. The molecule has 2 atom stereocenters. The van der Waals surface area contributed by atoms with Crippen molar-refractivity contribution < 1.29 is 9.59 Å². The number of nitrogens with zero attached hydrogens (tertiary/aromatic N) is 3. The van der Waals surface area contributed by atoms with Crippen molar-refractivity contribution in [2.75, 3.05) is 27.2 Å². The topological polar surface area (TPSA) is 65.5 Å². The molecular formula is C17H26N4O2. The van der Waals surface area contributed by atoms with Crippen LogP contribution >= 0.6 is 0 Å². The zero-order valence-electron chi connectivity index (χ0n) is 14.3. The Morgan fingerprint density at radius 2 is 2.13 bits per heavy atom. The summed E-state index contributed by atoms with van der Waals surface area (Å²) in [7, 11) is 3.44. The molecule has 0 bridgehead atoms. The molecule has 0 unspecified atom stereocenters. The normalized spacial score (nSPS) is 20.7. The highest BCUT2D eigenvalue weighted by atomic mass is 16.2. The van der Waals surface area contributed by atoms with Crippen LogP contribution in [0, 0.1) is 11.8 Å². The van der Waals surface area contributed by atoms with Gasteiger partial charge in [-0.3, -0.25) is 9.78 Å². The van der Waals surface area contributed by atoms with Crippen LogP contribution < -0.4 is 5.32 Å². The fraction of sp³-hybridized carbons (Fsp3) is 0.588. The van der Waals surface area contributed by atoms with Gasteiger partial charge in [0.05, 0.1) is 12.5 Å². The lowest BCUT2D eigenvalue weighted by Crippen LogP contribution is -2.46. The van der Waals surface area contributed by atoms with Crippen molar-refractivity contribution in [3.05, 3.63) is 30.1 Å². The second kappa shape index (κ2) is 7.44. The minimum absolute atomic E-state index is 0.00254. The van der Waals surface area contributed by atoms with Crippen LogP contribution in [-0.2, 0) is 11.2 Å². The average Bonchev–Trinajstić information content (AvgIpc) is 2.92. The Morgan fingerprint density at radius 1 is 1.39 bits per heavy atom. The number of nitrogens with one attached hydrogen (secondary N) is 1. The molecule has 2 rings (SSSR count). The van der Waals surface area contributed by atoms with Crippen LogP contribution in [0.3, 0.4) is 0 Å². The van der Waals surface area contributed by atoms with Crippen molar-refractivity contribution in [1.29, 1.82) is 0 Å². The predicted molar refractivity (Wildman–Crippen MR) is 88.9 cm³/mol. The first-order valence-electron chi connectivity index (χ1n) is 8.03. The van der Waals surface area contributed by atoms with Crippen LogP contribution in [0.4, 0.5) is 4.79 Å². The quantitative estimate of drug-likeness (QED) is 0.912. The van der Waals surface area contributed by atoms with Gasteiger partial charge in [0.1, 0.15) is 0 Å². The molecular weight excluding hydrogens is 292 g/mol. The first-order valence-corrected chi connectivity index (χ1v) is 8.03. The Bertz CT molecular complexity index is 545. The molecule has 1 aliphatic heterocycles. The van der Waals surface area contributed by atoms with Gasteiger partial charge in [-0.1, -0.05) is 19.9 Å². The van der Waals surface area contributed by atoms with E-state index in [2.05, 4.69) is 24.1 Å². The Labute approximate surface area is 137 Å². The summed E-state index contributed by atoms with van der Waals surface area (Å²) in [5.41, 5.74) is 0.916. The van der Waals surface area contributed by atoms with Crippen LogP contribution in [0.25, 0.3) is 0 Å². The molecule has 23 heavy (non-hydrogen) atoms. The number of carbonyl (C=O) groups excluding carboxylic acids is 2. The summed E-state index contributed by atoms with van der Waals surface area (Å²) in [6.45, 7) is 5.53. The average molecular weight is 318 g/mol. The third kappa shape index (κ3) is 4.43. The zero-order chi connectivity index (χ0) is 17.0. The second-order valence-electron chi connectivity index (χ2n) is 6.70. The highest BCUT2D eigenvalue weighted by Gasteiger charge is 2.37. The minimum atomic E-state index is -0.109. The molecule has 1 N–H and O–H groups in total. The summed E-state index contributed by atoms with van der Waals surface area (Å²) in [6, 6.07) is 3.64. The molecule has 1 aliphatic rings. The highest BCUT2D eigenvalue weighted by molar-refractivity contribution is 5.79. The Balaban J connectivity index is 2.01. The molecule has 0 aliphatic carbocycles. The van der Waals surface area contributed by atoms with E-state index in [4.69, 9.17) is 0 Å². The van der Waals surface area contributed by atoms with Gasteiger partial charge in [0.15, 0.2) is 0 Å². The van der Waals surface area contributed by atoms with Crippen molar-refractivity contribution >= 4 is 11.9 Å². The summed E-state index contributed by atoms with van der Waals surface area (Å²) in [6.07, 6.45) is 3.78. The smallest absolute Gasteiger partial charge is 0.317 e. The molecule has 0 radical (unpaired) electrons. The minimum Gasteiger partial charge on any atom is -0.340 e. The summed E-state index contributed by atoms with van der Waals surface area (Å²) in [4.78, 5) is 31.9. The van der Waals surface area contributed by atoms with E-state index in [1.54, 1.807) is 26.5 Å². The number of urea groups is 1. The van der Waals surface area contributed by atoms with Crippen molar-refractivity contribution in [2.24, 2.45) is 11.8 Å². The summed E-state index contributed by atoms with van der Waals surface area (Å²) in [5.74, 6) is 0.764. The number of amides is 3. The van der Waals surface area contributed by atoms with Crippen LogP contribution in [0.15, 0.2) is 24.5 Å². The first-order chi connectivity index (χ1) is 10.9. The molecule has 1 aromatic rings. The fourth-order valence-corrected chi connectivity index (χ4v) is 2.94. The molecule has 1 aromatic heterocycles. The monoisotopic (exact) mass is 318 g/mol. The lowest BCUT2D eigenvalue weighted by atomic mass is 9.91. The van der Waals surface area contributed by atoms with Gasteiger partial charge in [-0.25, -0.2) is 4.79 Å². The maximum absolute atomic E-state index is 12.5. The van der Waals surface area contributed by atoms with E-state index in [-0.39, 0.29) is 23.9 Å². The third-order valence-corrected chi connectivity index (χ3v) is 4.37. The van der Waals surface area contributed by atoms with Crippen molar-refractivity contribution in [3.63, 3.8) is 0 Å². The molecule has 3 amide bonds. The maximum atomic E-state index is 12.5. The number of likely N-dealkylation sites (tertiary alicyclic amines) is 1. The van der Waals surface area contributed by atoms with Gasteiger partial charge in [-0.2, -0.15) is 0 Å². The van der Waals surface area contributed by atoms with E-state index >= 15 is 0 Å². The van der Waals surface area contributed by atoms with Gasteiger partial charge in [0, 0.05) is 45.5 Å². The van der Waals surface area contributed by atoms with Gasteiger partial charge in [-0.15, -0.1) is 0 Å². The van der Waals surface area contributed by atoms with E-state index in [9.17, 15) is 9.59 Å². The molecule has 2 heterocycles. The Kier molecular flexibility index (Phi) is 5.58. The number of carbonyl (C=O) groups is 2. The van der Waals surface area contributed by atoms with Gasteiger partial charge in [0.2, 0.25) is 5.91 Å². The van der Waals surface area contributed by atoms with Crippen LogP contribution in [-0.4, -0.2) is 59.9 Å². The highest BCUT2D eigenvalue weighted by Crippen LogP contribution is 2.25. The molecule has 1 saturated heterocycles. The number of rotatable bonds is 4. The molecule has 0 saturated carbocycles. The molecule has 126 valence electrons. The predicted octanol–water partition coefficient (Wildman–Crippen LogP) is 1.38. The fourth-order valence-electron chi connectivity index (χ4n) is 2.94. The summed E-state index contributed by atoms with van der Waals surface area (Å²) in [5, 5.41) is 3.04. The number of hydrogen-bond acceptors (Lipinski definition) is 3. The molecule has 0 aromatic carbocycles. The van der Waals surface area contributed by atoms with Gasteiger partial charge < -0.3 is 15.1 Å². The first kappa shape index (κ1) is 17.2. The lowest BCUT2D eigenvalue weighted by Gasteiger charge is -2.24.